The van der Waals surface area contributed by atoms with E-state index in [1.807, 2.05) is 0 Å². The lowest BCUT2D eigenvalue weighted by Gasteiger charge is -2.13. The van der Waals surface area contributed by atoms with Gasteiger partial charge in [0, 0.05) is 0 Å². The highest BCUT2D eigenvalue weighted by Gasteiger charge is 2.21. The summed E-state index contributed by atoms with van der Waals surface area (Å²) in [5, 5.41) is 14.9. The minimum Gasteiger partial charge on any atom is -0.450 e. The number of hydrogen-bond acceptors (Lipinski definition) is 8. The first-order valence-electron chi connectivity index (χ1n) is 5.40. The molecule has 11 nitrogen and oxygen atoms in total. The average molecular weight is 295 g/mol. The molecule has 0 aliphatic heterocycles. The number of furan rings is 1. The molecule has 0 saturated carbocycles. The Morgan fingerprint density at radius 2 is 2.33 bits per heavy atom. The summed E-state index contributed by atoms with van der Waals surface area (Å²) >= 11 is 0. The van der Waals surface area contributed by atoms with Gasteiger partial charge in [0.2, 0.25) is 0 Å². The molecular weight excluding hydrogens is 286 g/mol. The van der Waals surface area contributed by atoms with E-state index in [2.05, 4.69) is 9.84 Å². The number of aromatic nitrogens is 2. The second-order valence-electron chi connectivity index (χ2n) is 3.68. The van der Waals surface area contributed by atoms with Gasteiger partial charge in [-0.1, -0.05) is 0 Å². The number of aldehydes is 1. The van der Waals surface area contributed by atoms with Crippen molar-refractivity contribution >= 4 is 18.3 Å². The van der Waals surface area contributed by atoms with Crippen molar-refractivity contribution in [3.8, 4) is 11.5 Å². The predicted octanol–water partition coefficient (Wildman–Crippen LogP) is 0.442. The summed E-state index contributed by atoms with van der Waals surface area (Å²) in [5.74, 6) is 4.90. The number of carbonyl (C=O) groups excluding carboxylic acids is 2. The van der Waals surface area contributed by atoms with Crippen molar-refractivity contribution in [1.82, 2.24) is 9.89 Å². The SMILES string of the molecule is COC(=O)N(N)n1cc(C=O)c(-c2ccc([N+](=O)[O-])o2)n1. The van der Waals surface area contributed by atoms with Gasteiger partial charge in [-0.05, 0) is 6.07 Å². The zero-order chi connectivity index (χ0) is 15.6. The van der Waals surface area contributed by atoms with Gasteiger partial charge in [-0.25, -0.2) is 10.6 Å². The Balaban J connectivity index is 2.43. The summed E-state index contributed by atoms with van der Waals surface area (Å²) in [6.45, 7) is 0. The van der Waals surface area contributed by atoms with Crippen LogP contribution < -0.4 is 11.0 Å². The van der Waals surface area contributed by atoms with Gasteiger partial charge in [0.25, 0.3) is 0 Å². The highest BCUT2D eigenvalue weighted by atomic mass is 16.6. The van der Waals surface area contributed by atoms with Gasteiger partial charge in [-0.15, -0.1) is 10.2 Å². The molecule has 11 heteroatoms. The first-order valence-corrected chi connectivity index (χ1v) is 5.40. The minimum atomic E-state index is -0.924. The summed E-state index contributed by atoms with van der Waals surface area (Å²) in [5.41, 5.74) is 0.0241. The van der Waals surface area contributed by atoms with Crippen molar-refractivity contribution in [3.05, 3.63) is 34.0 Å². The van der Waals surface area contributed by atoms with E-state index in [0.29, 0.717) is 11.4 Å². The number of nitrogens with zero attached hydrogens (tertiary/aromatic N) is 4. The highest BCUT2D eigenvalue weighted by molar-refractivity contribution is 5.85. The van der Waals surface area contributed by atoms with Crippen molar-refractivity contribution in [1.29, 1.82) is 0 Å². The molecule has 0 radical (unpaired) electrons. The molecule has 0 unspecified atom stereocenters. The normalized spacial score (nSPS) is 10.2. The van der Waals surface area contributed by atoms with Crippen LogP contribution in [-0.4, -0.2) is 34.3 Å². The molecule has 2 rings (SSSR count). The van der Waals surface area contributed by atoms with Crippen LogP contribution in [0.3, 0.4) is 0 Å². The van der Waals surface area contributed by atoms with Gasteiger partial charge < -0.3 is 9.15 Å². The maximum Gasteiger partial charge on any atom is 0.445 e. The van der Waals surface area contributed by atoms with E-state index < -0.39 is 16.9 Å². The summed E-state index contributed by atoms with van der Waals surface area (Å²) in [6, 6.07) is 2.39. The third-order valence-corrected chi connectivity index (χ3v) is 2.45. The van der Waals surface area contributed by atoms with Crippen LogP contribution in [0.1, 0.15) is 10.4 Å². The van der Waals surface area contributed by atoms with E-state index in [0.717, 1.165) is 24.2 Å². The number of amides is 1. The number of carbonyl (C=O) groups is 2. The number of rotatable bonds is 4. The van der Waals surface area contributed by atoms with Gasteiger partial charge in [0.05, 0.1) is 24.9 Å². The number of methoxy groups -OCH3 is 1. The lowest BCUT2D eigenvalue weighted by atomic mass is 10.2. The predicted molar refractivity (Wildman–Crippen MR) is 66.8 cm³/mol. The molecule has 2 aromatic rings. The minimum absolute atomic E-state index is 0.00236. The van der Waals surface area contributed by atoms with Gasteiger partial charge >= 0.3 is 12.0 Å². The Hall–Kier alpha value is -3.21. The van der Waals surface area contributed by atoms with Gasteiger partial charge in [0.15, 0.2) is 12.0 Å². The third kappa shape index (κ3) is 2.57. The Morgan fingerprint density at radius 3 is 2.86 bits per heavy atom. The second-order valence-corrected chi connectivity index (χ2v) is 3.68. The Labute approximate surface area is 116 Å². The smallest absolute Gasteiger partial charge is 0.445 e. The molecule has 2 heterocycles. The summed E-state index contributed by atoms with van der Waals surface area (Å²) in [6.07, 6.45) is 0.665. The van der Waals surface area contributed by atoms with Crippen LogP contribution in [0, 0.1) is 10.1 Å². The molecule has 0 fully saturated rings. The van der Waals surface area contributed by atoms with Gasteiger partial charge in [-0.2, -0.15) is 4.79 Å². The number of nitro groups is 1. The van der Waals surface area contributed by atoms with E-state index in [4.69, 9.17) is 10.3 Å². The van der Waals surface area contributed by atoms with Crippen LogP contribution in [-0.2, 0) is 4.74 Å². The number of ether oxygens (including phenoxy) is 1. The van der Waals surface area contributed by atoms with Crippen molar-refractivity contribution in [2.24, 2.45) is 5.84 Å². The third-order valence-electron chi connectivity index (χ3n) is 2.45. The first kappa shape index (κ1) is 14.2. The van der Waals surface area contributed by atoms with Crippen LogP contribution in [0.5, 0.6) is 0 Å². The van der Waals surface area contributed by atoms with Gasteiger partial charge in [-0.3, -0.25) is 14.9 Å². The Morgan fingerprint density at radius 1 is 1.62 bits per heavy atom. The molecule has 0 saturated heterocycles. The summed E-state index contributed by atoms with van der Waals surface area (Å²) in [4.78, 5) is 33.0. The van der Waals surface area contributed by atoms with Crippen LogP contribution in [0.2, 0.25) is 0 Å². The van der Waals surface area contributed by atoms with Gasteiger partial charge in [0.1, 0.15) is 10.6 Å². The molecule has 2 N–H and O–H groups in total. The topological polar surface area (TPSA) is 147 Å². The van der Waals surface area contributed by atoms with E-state index >= 15 is 0 Å². The van der Waals surface area contributed by atoms with E-state index in [9.17, 15) is 19.7 Å². The fourth-order valence-corrected chi connectivity index (χ4v) is 1.49. The highest BCUT2D eigenvalue weighted by Crippen LogP contribution is 2.26. The molecule has 0 aliphatic rings. The molecular formula is C10H9N5O6. The fourth-order valence-electron chi connectivity index (χ4n) is 1.49. The molecule has 0 bridgehead atoms. The van der Waals surface area contributed by atoms with E-state index in [-0.39, 0.29) is 17.0 Å². The maximum absolute atomic E-state index is 11.3. The lowest BCUT2D eigenvalue weighted by molar-refractivity contribution is -0.401. The monoisotopic (exact) mass is 295 g/mol. The van der Waals surface area contributed by atoms with Crippen LogP contribution in [0.25, 0.3) is 11.5 Å². The van der Waals surface area contributed by atoms with Crippen LogP contribution >= 0.6 is 0 Å². The fraction of sp³-hybridized carbons (Fsp3) is 0.100. The molecule has 0 aliphatic carbocycles. The van der Waals surface area contributed by atoms with E-state index in [1.54, 1.807) is 0 Å². The number of hydrogen-bond donors (Lipinski definition) is 1. The lowest BCUT2D eigenvalue weighted by Crippen LogP contribution is -2.46. The Kier molecular flexibility index (Phi) is 3.67. The van der Waals surface area contributed by atoms with Crippen molar-refractivity contribution in [2.45, 2.75) is 0 Å². The zero-order valence-electron chi connectivity index (χ0n) is 10.6. The van der Waals surface area contributed by atoms with E-state index in [1.165, 1.54) is 6.07 Å². The van der Waals surface area contributed by atoms with Crippen molar-refractivity contribution in [2.75, 3.05) is 12.2 Å². The first-order chi connectivity index (χ1) is 9.97. The molecule has 0 aromatic carbocycles. The molecule has 0 atom stereocenters. The van der Waals surface area contributed by atoms with Crippen molar-refractivity contribution in [3.63, 3.8) is 0 Å². The quantitative estimate of drug-likeness (QED) is 0.281. The summed E-state index contributed by atoms with van der Waals surface area (Å²) < 4.78 is 9.33. The van der Waals surface area contributed by atoms with Crippen molar-refractivity contribution < 1.29 is 23.7 Å². The molecule has 0 spiro atoms. The number of nitrogens with two attached hydrogens (primary N) is 1. The largest absolute Gasteiger partial charge is 0.450 e. The summed E-state index contributed by atoms with van der Waals surface area (Å²) in [7, 11) is 1.11. The zero-order valence-corrected chi connectivity index (χ0v) is 10.6. The van der Waals surface area contributed by atoms with Crippen LogP contribution in [0.4, 0.5) is 10.7 Å². The van der Waals surface area contributed by atoms with Crippen LogP contribution in [0.15, 0.2) is 22.7 Å². The standard InChI is InChI=1S/C10H9N5O6/c1-20-10(17)14(11)13-4-6(5-16)9(12-13)7-2-3-8(21-7)15(18)19/h2-5H,11H2,1H3. The number of hydrazine groups is 1. The molecule has 1 amide bonds. The second kappa shape index (κ2) is 5.42. The average Bonchev–Trinajstić information content (AvgIpc) is 3.11. The maximum atomic E-state index is 11.3. The molecule has 110 valence electrons. The molecule has 21 heavy (non-hydrogen) atoms. The Bertz CT molecular complexity index is 705. The molecule has 2 aromatic heterocycles.